The van der Waals surface area contributed by atoms with Crippen molar-refractivity contribution in [1.29, 1.82) is 0 Å². The van der Waals surface area contributed by atoms with Gasteiger partial charge in [-0.2, -0.15) is 0 Å². The van der Waals surface area contributed by atoms with Gasteiger partial charge >= 0.3 is 0 Å². The summed E-state index contributed by atoms with van der Waals surface area (Å²) in [6.07, 6.45) is 1.60. The van der Waals surface area contributed by atoms with Crippen LogP contribution in [0.3, 0.4) is 0 Å². The highest BCUT2D eigenvalue weighted by molar-refractivity contribution is 14.1. The SMILES string of the molecule is Cc1cc(I)ccc1Nc1cc(F)ccc1C1C=NOC1C=O. The van der Waals surface area contributed by atoms with Gasteiger partial charge in [0.25, 0.3) is 0 Å². The molecule has 4 nitrogen and oxygen atoms in total. The van der Waals surface area contributed by atoms with Crippen molar-refractivity contribution in [3.8, 4) is 0 Å². The van der Waals surface area contributed by atoms with Crippen LogP contribution in [0.2, 0.25) is 0 Å². The molecule has 3 rings (SSSR count). The summed E-state index contributed by atoms with van der Waals surface area (Å²) < 4.78 is 14.8. The van der Waals surface area contributed by atoms with Gasteiger partial charge < -0.3 is 10.2 Å². The molecule has 0 aliphatic carbocycles. The van der Waals surface area contributed by atoms with Crippen LogP contribution in [0.4, 0.5) is 15.8 Å². The number of anilines is 2. The second-order valence-electron chi connectivity index (χ2n) is 5.30. The molecule has 1 aliphatic heterocycles. The number of nitrogens with zero attached hydrogens (tertiary/aromatic N) is 1. The van der Waals surface area contributed by atoms with E-state index in [0.717, 1.165) is 20.4 Å². The minimum Gasteiger partial charge on any atom is -0.384 e. The molecule has 0 bridgehead atoms. The van der Waals surface area contributed by atoms with Crippen LogP contribution in [0.25, 0.3) is 0 Å². The number of hydrogen-bond donors (Lipinski definition) is 1. The van der Waals surface area contributed by atoms with E-state index in [9.17, 15) is 9.18 Å². The summed E-state index contributed by atoms with van der Waals surface area (Å²) in [5.74, 6) is -0.683. The predicted molar refractivity (Wildman–Crippen MR) is 95.7 cm³/mol. The molecule has 2 unspecified atom stereocenters. The second kappa shape index (κ2) is 6.66. The molecule has 0 spiro atoms. The average molecular weight is 424 g/mol. The molecule has 0 saturated heterocycles. The summed E-state index contributed by atoms with van der Waals surface area (Å²) in [5, 5.41) is 6.97. The highest BCUT2D eigenvalue weighted by atomic mass is 127. The molecule has 0 aromatic heterocycles. The summed E-state index contributed by atoms with van der Waals surface area (Å²) in [4.78, 5) is 16.1. The van der Waals surface area contributed by atoms with Crippen molar-refractivity contribution in [1.82, 2.24) is 0 Å². The third kappa shape index (κ3) is 3.36. The van der Waals surface area contributed by atoms with Gasteiger partial charge in [-0.25, -0.2) is 4.39 Å². The Morgan fingerprint density at radius 1 is 1.26 bits per heavy atom. The fraction of sp³-hybridized carbons (Fsp3) is 0.176. The number of hydrogen-bond acceptors (Lipinski definition) is 4. The lowest BCUT2D eigenvalue weighted by molar-refractivity contribution is -0.117. The first kappa shape index (κ1) is 15.9. The Kier molecular flexibility index (Phi) is 4.61. The maximum absolute atomic E-state index is 13.7. The van der Waals surface area contributed by atoms with Crippen LogP contribution >= 0.6 is 22.6 Å². The van der Waals surface area contributed by atoms with E-state index in [1.54, 1.807) is 12.3 Å². The van der Waals surface area contributed by atoms with E-state index in [0.29, 0.717) is 12.0 Å². The van der Waals surface area contributed by atoms with Gasteiger partial charge in [-0.3, -0.25) is 4.79 Å². The smallest absolute Gasteiger partial charge is 0.194 e. The number of aldehydes is 1. The number of halogens is 2. The van der Waals surface area contributed by atoms with E-state index in [-0.39, 0.29) is 11.7 Å². The molecule has 0 fully saturated rings. The van der Waals surface area contributed by atoms with Gasteiger partial charge in [-0.05, 0) is 71.0 Å². The van der Waals surface area contributed by atoms with Crippen molar-refractivity contribution < 1.29 is 14.0 Å². The van der Waals surface area contributed by atoms with Crippen LogP contribution in [-0.4, -0.2) is 18.6 Å². The van der Waals surface area contributed by atoms with E-state index in [1.165, 1.54) is 12.1 Å². The number of carbonyl (C=O) groups excluding carboxylic acids is 1. The van der Waals surface area contributed by atoms with Gasteiger partial charge in [0.2, 0.25) is 0 Å². The third-order valence-electron chi connectivity index (χ3n) is 3.72. The Balaban J connectivity index is 1.99. The maximum atomic E-state index is 13.7. The zero-order valence-electron chi connectivity index (χ0n) is 12.3. The van der Waals surface area contributed by atoms with Gasteiger partial charge in [0.15, 0.2) is 12.4 Å². The molecule has 0 amide bonds. The van der Waals surface area contributed by atoms with Gasteiger partial charge in [0.1, 0.15) is 5.82 Å². The molecule has 1 aliphatic rings. The molecule has 23 heavy (non-hydrogen) atoms. The van der Waals surface area contributed by atoms with Crippen molar-refractivity contribution >= 4 is 46.5 Å². The number of nitrogens with one attached hydrogen (secondary N) is 1. The number of rotatable bonds is 4. The summed E-state index contributed by atoms with van der Waals surface area (Å²) in [6.45, 7) is 1.98. The highest BCUT2D eigenvalue weighted by Crippen LogP contribution is 2.33. The van der Waals surface area contributed by atoms with Crippen molar-refractivity contribution in [2.45, 2.75) is 18.9 Å². The third-order valence-corrected chi connectivity index (χ3v) is 4.40. The predicted octanol–water partition coefficient (Wildman–Crippen LogP) is 4.15. The molecule has 6 heteroatoms. The Labute approximate surface area is 146 Å². The largest absolute Gasteiger partial charge is 0.384 e. The number of oxime groups is 1. The van der Waals surface area contributed by atoms with Crippen LogP contribution in [0, 0.1) is 16.3 Å². The molecule has 118 valence electrons. The molecule has 2 atom stereocenters. The molecule has 0 radical (unpaired) electrons. The van der Waals surface area contributed by atoms with E-state index < -0.39 is 6.10 Å². The van der Waals surface area contributed by atoms with Gasteiger partial charge in [-0.15, -0.1) is 0 Å². The van der Waals surface area contributed by atoms with E-state index in [2.05, 4.69) is 33.1 Å². The fourth-order valence-corrected chi connectivity index (χ4v) is 3.17. The van der Waals surface area contributed by atoms with Crippen LogP contribution in [0.1, 0.15) is 17.0 Å². The highest BCUT2D eigenvalue weighted by Gasteiger charge is 2.30. The fourth-order valence-electron chi connectivity index (χ4n) is 2.53. The monoisotopic (exact) mass is 424 g/mol. The summed E-state index contributed by atoms with van der Waals surface area (Å²) in [6, 6.07) is 10.4. The Bertz CT molecular complexity index is 779. The van der Waals surface area contributed by atoms with Crippen LogP contribution in [-0.2, 0) is 9.63 Å². The number of aryl methyl sites for hydroxylation is 1. The Morgan fingerprint density at radius 2 is 2.09 bits per heavy atom. The zero-order valence-corrected chi connectivity index (χ0v) is 14.5. The topological polar surface area (TPSA) is 50.7 Å². The normalized spacial score (nSPS) is 19.4. The number of carbonyl (C=O) groups is 1. The first-order valence-electron chi connectivity index (χ1n) is 7.05. The minimum absolute atomic E-state index is 0.334. The van der Waals surface area contributed by atoms with E-state index >= 15 is 0 Å². The lowest BCUT2D eigenvalue weighted by atomic mass is 9.93. The van der Waals surface area contributed by atoms with Gasteiger partial charge in [-0.1, -0.05) is 11.2 Å². The van der Waals surface area contributed by atoms with Crippen molar-refractivity contribution in [3.63, 3.8) is 0 Å². The lowest BCUT2D eigenvalue weighted by Crippen LogP contribution is -2.19. The summed E-state index contributed by atoms with van der Waals surface area (Å²) in [7, 11) is 0. The maximum Gasteiger partial charge on any atom is 0.194 e. The molecule has 0 saturated carbocycles. The van der Waals surface area contributed by atoms with Crippen LogP contribution < -0.4 is 5.32 Å². The van der Waals surface area contributed by atoms with Crippen LogP contribution in [0.15, 0.2) is 41.6 Å². The first-order valence-corrected chi connectivity index (χ1v) is 8.13. The Hall–Kier alpha value is -1.96. The number of benzene rings is 2. The minimum atomic E-state index is -0.682. The first-order chi connectivity index (χ1) is 11.1. The van der Waals surface area contributed by atoms with Crippen LogP contribution in [0.5, 0.6) is 0 Å². The van der Waals surface area contributed by atoms with Gasteiger partial charge in [0.05, 0.1) is 12.1 Å². The summed E-state index contributed by atoms with van der Waals surface area (Å²) >= 11 is 2.24. The average Bonchev–Trinajstić information content (AvgIpc) is 2.98. The van der Waals surface area contributed by atoms with Crippen molar-refractivity contribution in [3.05, 3.63) is 56.9 Å². The lowest BCUT2D eigenvalue weighted by Gasteiger charge is -2.18. The Morgan fingerprint density at radius 3 is 2.83 bits per heavy atom. The molecule has 2 aromatic carbocycles. The zero-order chi connectivity index (χ0) is 16.4. The van der Waals surface area contributed by atoms with E-state index in [4.69, 9.17) is 4.84 Å². The molecule has 1 heterocycles. The molecule has 2 aromatic rings. The summed E-state index contributed by atoms with van der Waals surface area (Å²) in [5.41, 5.74) is 3.30. The molecular weight excluding hydrogens is 410 g/mol. The standard InChI is InChI=1S/C17H14FIN2O2/c1-10-6-12(19)3-5-15(10)21-16-7-11(18)2-4-13(16)14-8-20-23-17(14)9-22/h2-9,14,17,21H,1H3. The molecule has 1 N–H and O–H groups in total. The van der Waals surface area contributed by atoms with Crippen molar-refractivity contribution in [2.75, 3.05) is 5.32 Å². The van der Waals surface area contributed by atoms with Gasteiger partial charge in [0, 0.05) is 14.9 Å². The van der Waals surface area contributed by atoms with E-state index in [1.807, 2.05) is 25.1 Å². The quantitative estimate of drug-likeness (QED) is 0.593. The molecular formula is C17H14FIN2O2. The van der Waals surface area contributed by atoms with Crippen molar-refractivity contribution in [2.24, 2.45) is 5.16 Å². The second-order valence-corrected chi connectivity index (χ2v) is 6.55.